The van der Waals surface area contributed by atoms with Crippen molar-refractivity contribution in [2.45, 2.75) is 12.0 Å². The van der Waals surface area contributed by atoms with Gasteiger partial charge in [0.25, 0.3) is 0 Å². The maximum atomic E-state index is 10.4. The first kappa shape index (κ1) is 10.3. The van der Waals surface area contributed by atoms with Crippen LogP contribution in [0.2, 0.25) is 0 Å². The molecule has 0 aliphatic carbocycles. The van der Waals surface area contributed by atoms with Crippen molar-refractivity contribution in [2.75, 3.05) is 25.9 Å². The average molecular weight is 208 g/mol. The van der Waals surface area contributed by atoms with E-state index in [-0.39, 0.29) is 0 Å². The molecule has 0 spiro atoms. The molecule has 0 radical (unpaired) electrons. The van der Waals surface area contributed by atoms with Crippen LogP contribution < -0.4 is 15.8 Å². The highest BCUT2D eigenvalue weighted by molar-refractivity contribution is 5.60. The van der Waals surface area contributed by atoms with Crippen molar-refractivity contribution in [1.82, 2.24) is 5.32 Å². The Bertz CT molecular complexity index is 360. The van der Waals surface area contributed by atoms with Crippen molar-refractivity contribution in [3.05, 3.63) is 23.8 Å². The molecule has 15 heavy (non-hydrogen) atoms. The number of nitrogens with one attached hydrogen (secondary N) is 1. The molecule has 2 rings (SSSR count). The number of aliphatic hydroxyl groups is 1. The van der Waals surface area contributed by atoms with E-state index in [2.05, 4.69) is 5.32 Å². The molecule has 4 nitrogen and oxygen atoms in total. The van der Waals surface area contributed by atoms with Gasteiger partial charge >= 0.3 is 0 Å². The molecule has 1 fully saturated rings. The molecule has 4 N–H and O–H groups in total. The van der Waals surface area contributed by atoms with Crippen molar-refractivity contribution in [3.8, 4) is 5.75 Å². The fraction of sp³-hybridized carbons (Fsp3) is 0.455. The minimum Gasteiger partial charge on any atom is -0.495 e. The van der Waals surface area contributed by atoms with Crippen LogP contribution in [-0.4, -0.2) is 25.3 Å². The van der Waals surface area contributed by atoms with Gasteiger partial charge in [0, 0.05) is 12.1 Å². The summed E-state index contributed by atoms with van der Waals surface area (Å²) in [6, 6.07) is 5.50. The fourth-order valence-electron chi connectivity index (χ4n) is 2.04. The first-order valence-corrected chi connectivity index (χ1v) is 5.03. The number of ether oxygens (including phenoxy) is 1. The molecule has 1 aliphatic heterocycles. The third kappa shape index (κ3) is 1.66. The second-order valence-electron chi connectivity index (χ2n) is 3.88. The summed E-state index contributed by atoms with van der Waals surface area (Å²) in [5.74, 6) is 0.618. The van der Waals surface area contributed by atoms with E-state index < -0.39 is 5.60 Å². The standard InChI is InChI=1S/C11H16N2O2/c1-15-9-4-2-3-8(10(9)12)11(14)5-6-13-7-11/h2-4,13-14H,5-7,12H2,1H3. The molecule has 82 valence electrons. The first-order valence-electron chi connectivity index (χ1n) is 5.03. The Morgan fingerprint density at radius 1 is 1.53 bits per heavy atom. The van der Waals surface area contributed by atoms with Gasteiger partial charge in [0.15, 0.2) is 0 Å². The first-order chi connectivity index (χ1) is 7.17. The summed E-state index contributed by atoms with van der Waals surface area (Å²) in [5, 5.41) is 13.5. The van der Waals surface area contributed by atoms with Gasteiger partial charge in [-0.3, -0.25) is 0 Å². The van der Waals surface area contributed by atoms with Crippen LogP contribution in [0.25, 0.3) is 0 Å². The van der Waals surface area contributed by atoms with E-state index in [1.807, 2.05) is 12.1 Å². The Hall–Kier alpha value is -1.26. The highest BCUT2D eigenvalue weighted by Gasteiger charge is 2.35. The number of nitrogen functional groups attached to an aromatic ring is 1. The maximum absolute atomic E-state index is 10.4. The Kier molecular flexibility index (Phi) is 2.54. The summed E-state index contributed by atoms with van der Waals surface area (Å²) in [7, 11) is 1.58. The van der Waals surface area contributed by atoms with E-state index in [9.17, 15) is 5.11 Å². The molecule has 0 bridgehead atoms. The predicted octanol–water partition coefficient (Wildman–Crippen LogP) is 0.458. The summed E-state index contributed by atoms with van der Waals surface area (Å²) in [4.78, 5) is 0. The fourth-order valence-corrected chi connectivity index (χ4v) is 2.04. The molecule has 0 saturated carbocycles. The van der Waals surface area contributed by atoms with Crippen molar-refractivity contribution < 1.29 is 9.84 Å². The van der Waals surface area contributed by atoms with Crippen LogP contribution in [0.3, 0.4) is 0 Å². The second-order valence-corrected chi connectivity index (χ2v) is 3.88. The molecule has 4 heteroatoms. The van der Waals surface area contributed by atoms with Gasteiger partial charge in [0.1, 0.15) is 11.4 Å². The number of benzene rings is 1. The smallest absolute Gasteiger partial charge is 0.142 e. The van der Waals surface area contributed by atoms with Gasteiger partial charge in [0.05, 0.1) is 12.8 Å². The number of methoxy groups -OCH3 is 1. The summed E-state index contributed by atoms with van der Waals surface area (Å²) in [5.41, 5.74) is 6.39. The third-order valence-corrected chi connectivity index (χ3v) is 2.92. The lowest BCUT2D eigenvalue weighted by molar-refractivity contribution is 0.0593. The van der Waals surface area contributed by atoms with Crippen molar-refractivity contribution >= 4 is 5.69 Å². The van der Waals surface area contributed by atoms with E-state index in [1.54, 1.807) is 13.2 Å². The van der Waals surface area contributed by atoms with Crippen molar-refractivity contribution in [1.29, 1.82) is 0 Å². The zero-order chi connectivity index (χ0) is 10.9. The van der Waals surface area contributed by atoms with Gasteiger partial charge in [-0.2, -0.15) is 0 Å². The number of hydrogen-bond donors (Lipinski definition) is 3. The molecule has 1 atom stereocenters. The van der Waals surface area contributed by atoms with Gasteiger partial charge < -0.3 is 20.9 Å². The van der Waals surface area contributed by atoms with Gasteiger partial charge in [-0.05, 0) is 19.0 Å². The molecule has 1 aromatic rings. The molecule has 1 aliphatic rings. The monoisotopic (exact) mass is 208 g/mol. The predicted molar refractivity (Wildman–Crippen MR) is 58.8 cm³/mol. The summed E-state index contributed by atoms with van der Waals surface area (Å²) in [6.45, 7) is 1.36. The summed E-state index contributed by atoms with van der Waals surface area (Å²) < 4.78 is 5.13. The molecule has 0 amide bonds. The lowest BCUT2D eigenvalue weighted by Gasteiger charge is -2.24. The number of nitrogens with two attached hydrogens (primary N) is 1. The van der Waals surface area contributed by atoms with Gasteiger partial charge in [-0.1, -0.05) is 12.1 Å². The van der Waals surface area contributed by atoms with Crippen LogP contribution in [0, 0.1) is 0 Å². The van der Waals surface area contributed by atoms with Crippen LogP contribution in [0.4, 0.5) is 5.69 Å². The number of para-hydroxylation sites is 1. The Balaban J connectivity index is 2.43. The molecular formula is C11H16N2O2. The van der Waals surface area contributed by atoms with Crippen LogP contribution in [0.1, 0.15) is 12.0 Å². The zero-order valence-electron chi connectivity index (χ0n) is 8.79. The minimum absolute atomic E-state index is 0.534. The third-order valence-electron chi connectivity index (χ3n) is 2.92. The molecule has 1 heterocycles. The number of anilines is 1. The summed E-state index contributed by atoms with van der Waals surface area (Å²) in [6.07, 6.45) is 0.685. The lowest BCUT2D eigenvalue weighted by atomic mass is 9.91. The molecule has 1 unspecified atom stereocenters. The van der Waals surface area contributed by atoms with E-state index in [4.69, 9.17) is 10.5 Å². The highest BCUT2D eigenvalue weighted by Crippen LogP contribution is 2.36. The molecule has 0 aromatic heterocycles. The Labute approximate surface area is 89.0 Å². The van der Waals surface area contributed by atoms with Gasteiger partial charge in [-0.25, -0.2) is 0 Å². The van der Waals surface area contributed by atoms with Gasteiger partial charge in [-0.15, -0.1) is 0 Å². The van der Waals surface area contributed by atoms with Crippen molar-refractivity contribution in [3.63, 3.8) is 0 Å². The van der Waals surface area contributed by atoms with Crippen LogP contribution >= 0.6 is 0 Å². The topological polar surface area (TPSA) is 67.5 Å². The van der Waals surface area contributed by atoms with E-state index in [1.165, 1.54) is 0 Å². The molecule has 1 saturated heterocycles. The minimum atomic E-state index is -0.849. The van der Waals surface area contributed by atoms with E-state index in [0.29, 0.717) is 24.4 Å². The quantitative estimate of drug-likeness (QED) is 0.618. The highest BCUT2D eigenvalue weighted by atomic mass is 16.5. The normalized spacial score (nSPS) is 25.5. The number of rotatable bonds is 2. The number of β-amino-alcohol motifs (C(OH)–C–C–N with tert-alkyl or cyclic N) is 1. The Morgan fingerprint density at radius 3 is 2.93 bits per heavy atom. The van der Waals surface area contributed by atoms with E-state index in [0.717, 1.165) is 12.1 Å². The zero-order valence-corrected chi connectivity index (χ0v) is 8.79. The van der Waals surface area contributed by atoms with Gasteiger partial charge in [0.2, 0.25) is 0 Å². The largest absolute Gasteiger partial charge is 0.495 e. The van der Waals surface area contributed by atoms with E-state index >= 15 is 0 Å². The summed E-state index contributed by atoms with van der Waals surface area (Å²) >= 11 is 0. The van der Waals surface area contributed by atoms with Crippen molar-refractivity contribution in [2.24, 2.45) is 0 Å². The van der Waals surface area contributed by atoms with Crippen LogP contribution in [0.15, 0.2) is 18.2 Å². The second kappa shape index (κ2) is 3.72. The van der Waals surface area contributed by atoms with Crippen LogP contribution in [-0.2, 0) is 5.60 Å². The molecular weight excluding hydrogens is 192 g/mol. The maximum Gasteiger partial charge on any atom is 0.142 e. The molecule has 1 aromatic carbocycles. The SMILES string of the molecule is COc1cccc(C2(O)CCNC2)c1N. The average Bonchev–Trinajstić information content (AvgIpc) is 2.66. The van der Waals surface area contributed by atoms with Crippen LogP contribution in [0.5, 0.6) is 5.75 Å². The Morgan fingerprint density at radius 2 is 2.33 bits per heavy atom. The lowest BCUT2D eigenvalue weighted by Crippen LogP contribution is -2.29. The number of hydrogen-bond acceptors (Lipinski definition) is 4.